The number of hydrogen-bond acceptors (Lipinski definition) is 6. The lowest BCUT2D eigenvalue weighted by Gasteiger charge is -2.35. The smallest absolute Gasteiger partial charge is 0.342 e. The first-order valence-corrected chi connectivity index (χ1v) is 9.99. The molecule has 1 aromatic heterocycles. The molecule has 1 fully saturated rings. The zero-order chi connectivity index (χ0) is 19.6. The summed E-state index contributed by atoms with van der Waals surface area (Å²) in [7, 11) is -2.79. The number of aromatic amines is 1. The van der Waals surface area contributed by atoms with Crippen molar-refractivity contribution in [1.29, 1.82) is 0 Å². The van der Waals surface area contributed by atoms with E-state index in [4.69, 9.17) is 4.74 Å². The van der Waals surface area contributed by atoms with Crippen molar-refractivity contribution in [2.45, 2.75) is 18.4 Å². The summed E-state index contributed by atoms with van der Waals surface area (Å²) in [4.78, 5) is 13.9. The molecule has 8 nitrogen and oxygen atoms in total. The van der Waals surface area contributed by atoms with Gasteiger partial charge in [-0.1, -0.05) is 19.1 Å². The van der Waals surface area contributed by atoms with Crippen molar-refractivity contribution < 1.29 is 22.3 Å². The van der Waals surface area contributed by atoms with Crippen molar-refractivity contribution in [3.8, 4) is 0 Å². The molecule has 0 bridgehead atoms. The van der Waals surface area contributed by atoms with E-state index in [1.807, 2.05) is 0 Å². The SMILES string of the molecule is CCc1[nH]nc(S(=O)(=O)N2CCN(c3ccccc3F)CC2)c1C(=O)OC. The van der Waals surface area contributed by atoms with Crippen molar-refractivity contribution in [2.24, 2.45) is 0 Å². The molecule has 0 atom stereocenters. The third kappa shape index (κ3) is 3.54. The molecule has 146 valence electrons. The number of piperazine rings is 1. The van der Waals surface area contributed by atoms with Gasteiger partial charge in [-0.3, -0.25) is 5.10 Å². The Labute approximate surface area is 157 Å². The van der Waals surface area contributed by atoms with Crippen LogP contribution in [0.15, 0.2) is 29.3 Å². The van der Waals surface area contributed by atoms with E-state index in [1.165, 1.54) is 17.5 Å². The maximum atomic E-state index is 14.0. The quantitative estimate of drug-likeness (QED) is 0.768. The van der Waals surface area contributed by atoms with E-state index in [0.717, 1.165) is 0 Å². The molecule has 0 saturated carbocycles. The average Bonchev–Trinajstić information content (AvgIpc) is 3.13. The number of aryl methyl sites for hydroxylation is 1. The highest BCUT2D eigenvalue weighted by atomic mass is 32.2. The fraction of sp³-hybridized carbons (Fsp3) is 0.412. The molecule has 0 amide bonds. The van der Waals surface area contributed by atoms with Crippen LogP contribution in [0.1, 0.15) is 23.0 Å². The molecule has 2 aromatic rings. The van der Waals surface area contributed by atoms with Crippen molar-refractivity contribution in [3.05, 3.63) is 41.3 Å². The molecule has 0 radical (unpaired) electrons. The highest BCUT2D eigenvalue weighted by Gasteiger charge is 2.36. The number of hydrogen-bond donors (Lipinski definition) is 1. The Hall–Kier alpha value is -2.46. The number of ether oxygens (including phenoxy) is 1. The number of methoxy groups -OCH3 is 1. The number of carbonyl (C=O) groups excluding carboxylic acids is 1. The van der Waals surface area contributed by atoms with Gasteiger partial charge in [-0.05, 0) is 18.6 Å². The lowest BCUT2D eigenvalue weighted by molar-refractivity contribution is 0.0595. The molecular formula is C17H21FN4O4S. The summed E-state index contributed by atoms with van der Waals surface area (Å²) in [5.41, 5.74) is 0.791. The van der Waals surface area contributed by atoms with E-state index in [2.05, 4.69) is 10.2 Å². The number of carbonyl (C=O) groups is 1. The molecule has 3 rings (SSSR count). The number of nitrogens with one attached hydrogen (secondary N) is 1. The second-order valence-electron chi connectivity index (χ2n) is 6.07. The summed E-state index contributed by atoms with van der Waals surface area (Å²) in [6.07, 6.45) is 0.411. The van der Waals surface area contributed by atoms with Crippen LogP contribution in [0.2, 0.25) is 0 Å². The van der Waals surface area contributed by atoms with Gasteiger partial charge < -0.3 is 9.64 Å². The van der Waals surface area contributed by atoms with Crippen molar-refractivity contribution in [2.75, 3.05) is 38.2 Å². The molecule has 1 saturated heterocycles. The van der Waals surface area contributed by atoms with Crippen molar-refractivity contribution in [1.82, 2.24) is 14.5 Å². The highest BCUT2D eigenvalue weighted by Crippen LogP contribution is 2.25. The number of aromatic nitrogens is 2. The molecule has 1 aliphatic heterocycles. The number of benzene rings is 1. The van der Waals surface area contributed by atoms with Gasteiger partial charge in [0.05, 0.1) is 18.5 Å². The Morgan fingerprint density at radius 3 is 2.52 bits per heavy atom. The summed E-state index contributed by atoms with van der Waals surface area (Å²) in [5.74, 6) is -1.09. The molecule has 1 aromatic carbocycles. The van der Waals surface area contributed by atoms with Crippen LogP contribution >= 0.6 is 0 Å². The predicted octanol–water partition coefficient (Wildman–Crippen LogP) is 1.41. The van der Waals surface area contributed by atoms with Crippen LogP contribution in [0.25, 0.3) is 0 Å². The van der Waals surface area contributed by atoms with E-state index < -0.39 is 16.0 Å². The van der Waals surface area contributed by atoms with Crippen LogP contribution in [-0.4, -0.2) is 62.2 Å². The van der Waals surface area contributed by atoms with Gasteiger partial charge in [0.2, 0.25) is 5.03 Å². The average molecular weight is 396 g/mol. The van der Waals surface area contributed by atoms with Gasteiger partial charge in [0, 0.05) is 26.2 Å². The molecular weight excluding hydrogens is 375 g/mol. The van der Waals surface area contributed by atoms with Gasteiger partial charge in [0.1, 0.15) is 11.4 Å². The zero-order valence-corrected chi connectivity index (χ0v) is 15.9. The fourth-order valence-electron chi connectivity index (χ4n) is 3.11. The van der Waals surface area contributed by atoms with Crippen LogP contribution in [0, 0.1) is 5.82 Å². The maximum absolute atomic E-state index is 14.0. The highest BCUT2D eigenvalue weighted by molar-refractivity contribution is 7.89. The minimum Gasteiger partial charge on any atom is -0.465 e. The maximum Gasteiger partial charge on any atom is 0.342 e. The Bertz CT molecular complexity index is 936. The number of para-hydroxylation sites is 1. The van der Waals surface area contributed by atoms with Gasteiger partial charge in [-0.15, -0.1) is 0 Å². The number of anilines is 1. The molecule has 0 unspecified atom stereocenters. The van der Waals surface area contributed by atoms with Crippen LogP contribution in [0.3, 0.4) is 0 Å². The minimum atomic E-state index is -3.98. The Morgan fingerprint density at radius 2 is 1.93 bits per heavy atom. The number of halogens is 1. The zero-order valence-electron chi connectivity index (χ0n) is 15.1. The van der Waals surface area contributed by atoms with E-state index in [9.17, 15) is 17.6 Å². The standard InChI is InChI=1S/C17H21FN4O4S/c1-3-13-15(17(23)26-2)16(20-19-13)27(24,25)22-10-8-21(9-11-22)14-7-5-4-6-12(14)18/h4-7H,3,8-11H2,1-2H3,(H,19,20). The summed E-state index contributed by atoms with van der Waals surface area (Å²) >= 11 is 0. The largest absolute Gasteiger partial charge is 0.465 e. The van der Waals surface area contributed by atoms with Gasteiger partial charge in [-0.2, -0.15) is 9.40 Å². The topological polar surface area (TPSA) is 95.6 Å². The molecule has 1 N–H and O–H groups in total. The first kappa shape index (κ1) is 19.3. The number of esters is 1. The van der Waals surface area contributed by atoms with Crippen LogP contribution in [-0.2, 0) is 21.2 Å². The molecule has 10 heteroatoms. The first-order chi connectivity index (χ1) is 12.9. The molecule has 1 aliphatic rings. The third-order valence-corrected chi connectivity index (χ3v) is 6.40. The monoisotopic (exact) mass is 396 g/mol. The molecule has 2 heterocycles. The normalized spacial score (nSPS) is 15.7. The number of rotatable bonds is 5. The lowest BCUT2D eigenvalue weighted by atomic mass is 10.2. The van der Waals surface area contributed by atoms with Gasteiger partial charge in [-0.25, -0.2) is 17.6 Å². The summed E-state index contributed by atoms with van der Waals surface area (Å²) < 4.78 is 45.9. The van der Waals surface area contributed by atoms with Crippen molar-refractivity contribution in [3.63, 3.8) is 0 Å². The van der Waals surface area contributed by atoms with Gasteiger partial charge in [0.15, 0.2) is 0 Å². The predicted molar refractivity (Wildman–Crippen MR) is 96.7 cm³/mol. The van der Waals surface area contributed by atoms with Crippen LogP contribution in [0.5, 0.6) is 0 Å². The van der Waals surface area contributed by atoms with E-state index in [-0.39, 0.29) is 29.5 Å². The number of H-pyrrole nitrogens is 1. The molecule has 0 aliphatic carbocycles. The second kappa shape index (κ2) is 7.65. The second-order valence-corrected chi connectivity index (χ2v) is 7.92. The molecule has 0 spiro atoms. The summed E-state index contributed by atoms with van der Waals surface area (Å²) in [6, 6.07) is 6.38. The molecule has 27 heavy (non-hydrogen) atoms. The van der Waals surface area contributed by atoms with Crippen LogP contribution in [0.4, 0.5) is 10.1 Å². The lowest BCUT2D eigenvalue weighted by Crippen LogP contribution is -2.49. The number of sulfonamides is 1. The Balaban J connectivity index is 1.83. The van der Waals surface area contributed by atoms with Gasteiger partial charge >= 0.3 is 5.97 Å². The minimum absolute atomic E-state index is 0.0588. The van der Waals surface area contributed by atoms with E-state index in [0.29, 0.717) is 30.9 Å². The third-order valence-electron chi connectivity index (χ3n) is 4.57. The Kier molecular flexibility index (Phi) is 5.47. The Morgan fingerprint density at radius 1 is 1.26 bits per heavy atom. The fourth-order valence-corrected chi connectivity index (χ4v) is 4.63. The first-order valence-electron chi connectivity index (χ1n) is 8.55. The summed E-state index contributed by atoms with van der Waals surface area (Å²) in [5, 5.41) is 6.15. The van der Waals surface area contributed by atoms with Crippen LogP contribution < -0.4 is 4.90 Å². The van der Waals surface area contributed by atoms with E-state index in [1.54, 1.807) is 30.0 Å². The number of nitrogens with zero attached hydrogens (tertiary/aromatic N) is 3. The van der Waals surface area contributed by atoms with Crippen molar-refractivity contribution >= 4 is 21.7 Å². The summed E-state index contributed by atoms with van der Waals surface area (Å²) in [6.45, 7) is 2.76. The van der Waals surface area contributed by atoms with E-state index >= 15 is 0 Å². The van der Waals surface area contributed by atoms with Gasteiger partial charge in [0.25, 0.3) is 10.0 Å².